The van der Waals surface area contributed by atoms with Crippen LogP contribution in [0.4, 0.5) is 0 Å². The summed E-state index contributed by atoms with van der Waals surface area (Å²) in [5, 5.41) is 18.7. The van der Waals surface area contributed by atoms with Crippen LogP contribution < -0.4 is 0 Å². The number of aromatic nitrogens is 4. The molecular weight excluding hydrogens is 528 g/mol. The zero-order chi connectivity index (χ0) is 28.8. The van der Waals surface area contributed by atoms with Crippen molar-refractivity contribution in [3.63, 3.8) is 0 Å². The van der Waals surface area contributed by atoms with Crippen molar-refractivity contribution in [3.05, 3.63) is 132 Å². The second-order valence-corrected chi connectivity index (χ2v) is 9.80. The Morgan fingerprint density at radius 3 is 1.19 bits per heavy atom. The number of hydrogen-bond donors (Lipinski definition) is 2. The number of benzene rings is 5. The molecule has 8 heteroatoms. The zero-order valence-corrected chi connectivity index (χ0v) is 22.0. The molecule has 42 heavy (non-hydrogen) atoms. The molecule has 8 nitrogen and oxygen atoms in total. The third-order valence-electron chi connectivity index (χ3n) is 7.27. The van der Waals surface area contributed by atoms with Crippen molar-refractivity contribution in [1.29, 1.82) is 0 Å². The average molecular weight is 551 g/mol. The standard InChI is InChI=1S/C34H22N4O4/c39-33(40)23-13-17-25(18-14-23)37-29-7-3-1-5-27(29)35-31(37)21-9-11-22(12-10-21)32-36-28-6-2-4-8-30(28)38(32)26-19-15-24(16-20-26)34(41)42/h1-20H,(H,39,40)(H,41,42). The molecule has 0 spiro atoms. The Hall–Kier alpha value is -6.02. The minimum atomic E-state index is -0.975. The molecule has 2 N–H and O–H groups in total. The van der Waals surface area contributed by atoms with Crippen LogP contribution in [0.1, 0.15) is 20.7 Å². The number of hydrogen-bond acceptors (Lipinski definition) is 4. The van der Waals surface area contributed by atoms with Gasteiger partial charge in [-0.25, -0.2) is 19.6 Å². The van der Waals surface area contributed by atoms with Gasteiger partial charge < -0.3 is 10.2 Å². The van der Waals surface area contributed by atoms with E-state index in [1.807, 2.05) is 81.9 Å². The molecular formula is C34H22N4O4. The van der Waals surface area contributed by atoms with E-state index in [4.69, 9.17) is 9.97 Å². The summed E-state index contributed by atoms with van der Waals surface area (Å²) in [6.07, 6.45) is 0. The third-order valence-corrected chi connectivity index (χ3v) is 7.27. The summed E-state index contributed by atoms with van der Waals surface area (Å²) in [5.41, 5.74) is 7.27. The van der Waals surface area contributed by atoms with Gasteiger partial charge in [0.15, 0.2) is 0 Å². The maximum absolute atomic E-state index is 11.4. The SMILES string of the molecule is O=C(O)c1ccc(-n2c(-c3ccc(-c4nc5ccccc5n4-c4ccc(C(=O)O)cc4)cc3)nc3ccccc32)cc1. The van der Waals surface area contributed by atoms with E-state index in [0.717, 1.165) is 56.2 Å². The number of fused-ring (bicyclic) bond motifs is 2. The van der Waals surface area contributed by atoms with Gasteiger partial charge in [-0.3, -0.25) is 9.13 Å². The van der Waals surface area contributed by atoms with E-state index in [1.165, 1.54) is 0 Å². The van der Waals surface area contributed by atoms with Gasteiger partial charge in [0.2, 0.25) is 0 Å². The normalized spacial score (nSPS) is 11.2. The van der Waals surface area contributed by atoms with Gasteiger partial charge in [-0.1, -0.05) is 48.5 Å². The molecule has 2 aromatic heterocycles. The lowest BCUT2D eigenvalue weighted by atomic mass is 10.1. The molecule has 5 aromatic carbocycles. The van der Waals surface area contributed by atoms with E-state index in [9.17, 15) is 19.8 Å². The van der Waals surface area contributed by atoms with E-state index in [0.29, 0.717) is 0 Å². The fourth-order valence-electron chi connectivity index (χ4n) is 5.24. The molecule has 0 saturated carbocycles. The number of nitrogens with zero attached hydrogens (tertiary/aromatic N) is 4. The van der Waals surface area contributed by atoms with Crippen LogP contribution in [0.15, 0.2) is 121 Å². The van der Waals surface area contributed by atoms with Gasteiger partial charge in [0.25, 0.3) is 0 Å². The summed E-state index contributed by atoms with van der Waals surface area (Å²) in [4.78, 5) is 32.7. The molecule has 0 aliphatic heterocycles. The maximum Gasteiger partial charge on any atom is 0.335 e. The average Bonchev–Trinajstić information content (AvgIpc) is 3.60. The predicted molar refractivity (Wildman–Crippen MR) is 160 cm³/mol. The Morgan fingerprint density at radius 2 is 0.833 bits per heavy atom. The highest BCUT2D eigenvalue weighted by Crippen LogP contribution is 2.33. The van der Waals surface area contributed by atoms with Crippen molar-refractivity contribution in [2.45, 2.75) is 0 Å². The van der Waals surface area contributed by atoms with Crippen molar-refractivity contribution in [2.75, 3.05) is 0 Å². The summed E-state index contributed by atoms with van der Waals surface area (Å²) in [7, 11) is 0. The second kappa shape index (κ2) is 9.87. The van der Waals surface area contributed by atoms with Gasteiger partial charge in [-0.15, -0.1) is 0 Å². The van der Waals surface area contributed by atoms with Gasteiger partial charge in [-0.05, 0) is 72.8 Å². The Morgan fingerprint density at radius 1 is 0.476 bits per heavy atom. The van der Waals surface area contributed by atoms with Crippen molar-refractivity contribution in [2.24, 2.45) is 0 Å². The molecule has 0 unspecified atom stereocenters. The fourth-order valence-corrected chi connectivity index (χ4v) is 5.24. The van der Waals surface area contributed by atoms with Crippen LogP contribution in [0.2, 0.25) is 0 Å². The van der Waals surface area contributed by atoms with Crippen molar-refractivity contribution in [1.82, 2.24) is 19.1 Å². The van der Waals surface area contributed by atoms with E-state index < -0.39 is 11.9 Å². The van der Waals surface area contributed by atoms with E-state index in [1.54, 1.807) is 48.5 Å². The quantitative estimate of drug-likeness (QED) is 0.229. The van der Waals surface area contributed by atoms with Crippen LogP contribution in [0.3, 0.4) is 0 Å². The van der Waals surface area contributed by atoms with Crippen LogP contribution in [-0.2, 0) is 0 Å². The molecule has 0 saturated heterocycles. The number of rotatable bonds is 6. The largest absolute Gasteiger partial charge is 0.478 e. The minimum Gasteiger partial charge on any atom is -0.478 e. The first-order chi connectivity index (χ1) is 20.5. The number of aromatic carboxylic acids is 2. The third kappa shape index (κ3) is 4.18. The van der Waals surface area contributed by atoms with Gasteiger partial charge in [0.1, 0.15) is 11.6 Å². The van der Waals surface area contributed by atoms with Crippen molar-refractivity contribution >= 4 is 34.0 Å². The summed E-state index contributed by atoms with van der Waals surface area (Å²) >= 11 is 0. The highest BCUT2D eigenvalue weighted by Gasteiger charge is 2.18. The van der Waals surface area contributed by atoms with Gasteiger partial charge in [-0.2, -0.15) is 0 Å². The molecule has 0 amide bonds. The smallest absolute Gasteiger partial charge is 0.335 e. The first kappa shape index (κ1) is 25.0. The number of para-hydroxylation sites is 4. The lowest BCUT2D eigenvalue weighted by molar-refractivity contribution is 0.0686. The van der Waals surface area contributed by atoms with Crippen LogP contribution in [0, 0.1) is 0 Å². The molecule has 2 heterocycles. The molecule has 7 aromatic rings. The molecule has 0 bridgehead atoms. The summed E-state index contributed by atoms with van der Waals surface area (Å²) in [6, 6.07) is 37.1. The number of carboxylic acid groups (broad SMARTS) is 2. The zero-order valence-electron chi connectivity index (χ0n) is 22.0. The van der Waals surface area contributed by atoms with E-state index in [-0.39, 0.29) is 11.1 Å². The highest BCUT2D eigenvalue weighted by atomic mass is 16.4. The van der Waals surface area contributed by atoms with E-state index in [2.05, 4.69) is 0 Å². The second-order valence-electron chi connectivity index (χ2n) is 9.80. The van der Waals surface area contributed by atoms with Crippen molar-refractivity contribution < 1.29 is 19.8 Å². The molecule has 0 fully saturated rings. The Balaban J connectivity index is 1.34. The highest BCUT2D eigenvalue weighted by molar-refractivity contribution is 5.90. The fraction of sp³-hybridized carbons (Fsp3) is 0. The molecule has 0 radical (unpaired) electrons. The Labute approximate surface area is 239 Å². The van der Waals surface area contributed by atoms with Crippen LogP contribution in [0.5, 0.6) is 0 Å². The molecule has 0 aliphatic carbocycles. The van der Waals surface area contributed by atoms with Crippen LogP contribution >= 0.6 is 0 Å². The molecule has 202 valence electrons. The lowest BCUT2D eigenvalue weighted by Crippen LogP contribution is -2.01. The Bertz CT molecular complexity index is 1970. The number of imidazole rings is 2. The minimum absolute atomic E-state index is 0.217. The van der Waals surface area contributed by atoms with Crippen LogP contribution in [0.25, 0.3) is 56.2 Å². The topological polar surface area (TPSA) is 110 Å². The van der Waals surface area contributed by atoms with E-state index >= 15 is 0 Å². The number of carbonyl (C=O) groups is 2. The first-order valence-corrected chi connectivity index (χ1v) is 13.2. The summed E-state index contributed by atoms with van der Waals surface area (Å²) in [6.45, 7) is 0. The van der Waals surface area contributed by atoms with Gasteiger partial charge in [0, 0.05) is 22.5 Å². The molecule has 7 rings (SSSR count). The van der Waals surface area contributed by atoms with Crippen LogP contribution in [-0.4, -0.2) is 41.3 Å². The number of carboxylic acids is 2. The predicted octanol–water partition coefficient (Wildman–Crippen LogP) is 7.09. The lowest BCUT2D eigenvalue weighted by Gasteiger charge is -2.12. The first-order valence-electron chi connectivity index (χ1n) is 13.2. The van der Waals surface area contributed by atoms with Gasteiger partial charge in [0.05, 0.1) is 33.2 Å². The molecule has 0 aliphatic rings. The Kier molecular flexibility index (Phi) is 5.87. The monoisotopic (exact) mass is 550 g/mol. The maximum atomic E-state index is 11.4. The summed E-state index contributed by atoms with van der Waals surface area (Å²) < 4.78 is 4.05. The summed E-state index contributed by atoms with van der Waals surface area (Å²) in [5.74, 6) is -0.499. The molecule has 0 atom stereocenters. The van der Waals surface area contributed by atoms with Gasteiger partial charge >= 0.3 is 11.9 Å². The van der Waals surface area contributed by atoms with Crippen molar-refractivity contribution in [3.8, 4) is 34.2 Å².